The Hall–Kier alpha value is -3.94. The minimum Gasteiger partial charge on any atom is -0.344 e. The van der Waals surface area contributed by atoms with Gasteiger partial charge in [-0.2, -0.15) is 0 Å². The van der Waals surface area contributed by atoms with Crippen molar-refractivity contribution in [1.82, 2.24) is 31.5 Å². The first kappa shape index (κ1) is 42.2. The first-order chi connectivity index (χ1) is 26.2. The lowest BCUT2D eigenvalue weighted by Crippen LogP contribution is -2.63. The van der Waals surface area contributed by atoms with Gasteiger partial charge < -0.3 is 31.5 Å². The van der Waals surface area contributed by atoms with E-state index in [1.807, 2.05) is 58.0 Å². The van der Waals surface area contributed by atoms with Gasteiger partial charge >= 0.3 is 0 Å². The second kappa shape index (κ2) is 18.8. The number of nitrogens with zero attached hydrogens (tertiary/aromatic N) is 1. The Kier molecular flexibility index (Phi) is 14.4. The maximum Gasteiger partial charge on any atom is 0.290 e. The zero-order valence-electron chi connectivity index (χ0n) is 33.0. The lowest BCUT2D eigenvalue weighted by Gasteiger charge is -2.40. The highest BCUT2D eigenvalue weighted by molar-refractivity contribution is 8.14. The number of likely N-dealkylation sites (tertiary alicyclic amines) is 1. The van der Waals surface area contributed by atoms with Crippen molar-refractivity contribution in [2.45, 2.75) is 154 Å². The molecule has 0 radical (unpaired) electrons. The fraction of sp³-hybridized carbons (Fsp3) is 0.683. The molecule has 1 aromatic rings. The smallest absolute Gasteiger partial charge is 0.290 e. The van der Waals surface area contributed by atoms with Gasteiger partial charge in [-0.15, -0.1) is 0 Å². The van der Waals surface area contributed by atoms with E-state index in [1.54, 1.807) is 11.8 Å². The van der Waals surface area contributed by atoms with Crippen molar-refractivity contribution in [3.05, 3.63) is 35.9 Å². The molecule has 2 saturated heterocycles. The normalized spacial score (nSPS) is 25.0. The van der Waals surface area contributed by atoms with Gasteiger partial charge in [-0.3, -0.25) is 33.6 Å². The zero-order valence-corrected chi connectivity index (χ0v) is 33.8. The monoisotopic (exact) mass is 780 g/mol. The quantitative estimate of drug-likeness (QED) is 0.173. The fourth-order valence-electron chi connectivity index (χ4n) is 8.76. The molecule has 6 amide bonds. The summed E-state index contributed by atoms with van der Waals surface area (Å²) in [5.41, 5.74) is 0.0724. The van der Waals surface area contributed by atoms with Crippen molar-refractivity contribution < 1.29 is 33.6 Å². The van der Waals surface area contributed by atoms with Crippen LogP contribution in [-0.4, -0.2) is 87.5 Å². The van der Waals surface area contributed by atoms with Crippen molar-refractivity contribution in [1.29, 1.82) is 0 Å². The van der Waals surface area contributed by atoms with E-state index < -0.39 is 71.1 Å². The van der Waals surface area contributed by atoms with E-state index in [1.165, 1.54) is 0 Å². The molecule has 4 aliphatic rings. The second-order valence-electron chi connectivity index (χ2n) is 16.9. The highest BCUT2D eigenvalue weighted by Gasteiger charge is 2.51. The van der Waals surface area contributed by atoms with Crippen LogP contribution in [0.2, 0.25) is 0 Å². The zero-order chi connectivity index (χ0) is 39.9. The highest BCUT2D eigenvalue weighted by Crippen LogP contribution is 2.41. The van der Waals surface area contributed by atoms with Crippen molar-refractivity contribution in [3.8, 4) is 0 Å². The summed E-state index contributed by atoms with van der Waals surface area (Å²) >= 11 is 1.03. The third-order valence-corrected chi connectivity index (χ3v) is 12.7. The summed E-state index contributed by atoms with van der Waals surface area (Å²) in [6.07, 6.45) is 9.04. The molecule has 2 saturated carbocycles. The number of benzene rings is 1. The van der Waals surface area contributed by atoms with E-state index in [4.69, 9.17) is 0 Å². The third kappa shape index (κ3) is 10.5. The van der Waals surface area contributed by atoms with Crippen LogP contribution in [0.15, 0.2) is 30.3 Å². The summed E-state index contributed by atoms with van der Waals surface area (Å²) in [5.74, 6) is -3.06. The molecule has 55 heavy (non-hydrogen) atoms. The summed E-state index contributed by atoms with van der Waals surface area (Å²) in [4.78, 5) is 97.1. The second-order valence-corrected chi connectivity index (χ2v) is 17.9. The van der Waals surface area contributed by atoms with Gasteiger partial charge in [0.25, 0.3) is 11.1 Å². The van der Waals surface area contributed by atoms with Crippen LogP contribution in [0.3, 0.4) is 0 Å². The minimum atomic E-state index is -1.07. The third-order valence-electron chi connectivity index (χ3n) is 11.8. The van der Waals surface area contributed by atoms with Gasteiger partial charge in [0, 0.05) is 11.8 Å². The number of carbonyl (C=O) groups excluding carboxylic acids is 7. The summed E-state index contributed by atoms with van der Waals surface area (Å²) in [7, 11) is 0. The maximum absolute atomic E-state index is 14.9. The SMILES string of the molecule is CCCC(NC(=O)[C@H]1CC2CCCCC2N1C(=O)[C@@H](NC(=O)[C@@H](NC(=O)C1CSC(=O)N1)C1CCCCC1)C(C)(C)C)C(=O)C(=O)N[C@@H](C)c1ccccc1. The predicted molar refractivity (Wildman–Crippen MR) is 211 cm³/mol. The van der Waals surface area contributed by atoms with Crippen molar-refractivity contribution >= 4 is 52.3 Å². The number of ketones is 1. The predicted octanol–water partition coefficient (Wildman–Crippen LogP) is 4.30. The summed E-state index contributed by atoms with van der Waals surface area (Å²) < 4.78 is 0. The highest BCUT2D eigenvalue weighted by atomic mass is 32.2. The topological polar surface area (TPSA) is 183 Å². The fourth-order valence-corrected chi connectivity index (χ4v) is 9.54. The Balaban J connectivity index is 1.35. The standard InChI is InChI=1S/C41H60N6O7S/c1-6-15-28(33(48)38(52)42-24(2)25-16-9-7-10-17-25)43-36(50)31-22-27-20-13-14-21-30(27)47(31)39(53)34(41(3,4)5)46-37(51)32(26-18-11-8-12-19-26)45-35(49)29-23-55-40(54)44-29/h7,9-10,16-17,24,26-32,34H,6,8,11-15,18-23H2,1-5H3,(H,42,52)(H,43,50)(H,44,54)(H,45,49)(H,46,51)/t24-,27?,28?,29?,30?,31+,32-,34+/m0/s1. The number of Topliss-reactive ketones (excluding diaryl/α,β-unsaturated/α-hetero) is 1. The first-order valence-electron chi connectivity index (χ1n) is 20.3. The Labute approximate surface area is 329 Å². The molecule has 2 aliphatic heterocycles. The Bertz CT molecular complexity index is 1580. The van der Waals surface area contributed by atoms with Crippen LogP contribution in [0, 0.1) is 17.3 Å². The van der Waals surface area contributed by atoms with E-state index in [-0.39, 0.29) is 41.2 Å². The Morgan fingerprint density at radius 2 is 1.55 bits per heavy atom. The molecule has 13 nitrogen and oxygen atoms in total. The lowest BCUT2D eigenvalue weighted by atomic mass is 9.81. The molecule has 4 unspecified atom stereocenters. The molecule has 0 bridgehead atoms. The molecule has 0 spiro atoms. The van der Waals surface area contributed by atoms with Gasteiger partial charge in [-0.1, -0.05) is 108 Å². The van der Waals surface area contributed by atoms with Crippen LogP contribution in [0.25, 0.3) is 0 Å². The molecular formula is C41H60N6O7S. The van der Waals surface area contributed by atoms with Gasteiger partial charge in [0.05, 0.1) is 12.1 Å². The summed E-state index contributed by atoms with van der Waals surface area (Å²) in [6.45, 7) is 9.26. The molecule has 2 heterocycles. The molecule has 8 atom stereocenters. The van der Waals surface area contributed by atoms with Gasteiger partial charge in [-0.25, -0.2) is 0 Å². The number of hydrogen-bond acceptors (Lipinski definition) is 8. The van der Waals surface area contributed by atoms with Crippen LogP contribution in [-0.2, 0) is 28.8 Å². The van der Waals surface area contributed by atoms with Gasteiger partial charge in [0.1, 0.15) is 24.2 Å². The molecule has 5 N–H and O–H groups in total. The molecule has 5 rings (SSSR count). The van der Waals surface area contributed by atoms with E-state index in [2.05, 4.69) is 26.6 Å². The van der Waals surface area contributed by atoms with E-state index in [0.717, 1.165) is 68.7 Å². The molecule has 14 heteroatoms. The van der Waals surface area contributed by atoms with Crippen molar-refractivity contribution in [2.24, 2.45) is 17.3 Å². The molecule has 0 aromatic heterocycles. The van der Waals surface area contributed by atoms with Crippen LogP contribution in [0.1, 0.15) is 123 Å². The number of hydrogen-bond donors (Lipinski definition) is 5. The summed E-state index contributed by atoms with van der Waals surface area (Å²) in [6, 6.07) is 4.04. The molecule has 2 aliphatic carbocycles. The van der Waals surface area contributed by atoms with E-state index in [0.29, 0.717) is 19.3 Å². The Morgan fingerprint density at radius 1 is 0.873 bits per heavy atom. The van der Waals surface area contributed by atoms with Gasteiger partial charge in [0.15, 0.2) is 0 Å². The number of amides is 6. The van der Waals surface area contributed by atoms with Crippen molar-refractivity contribution in [2.75, 3.05) is 5.75 Å². The average Bonchev–Trinajstić information content (AvgIpc) is 3.79. The van der Waals surface area contributed by atoms with Gasteiger partial charge in [-0.05, 0) is 68.3 Å². The number of carbonyl (C=O) groups is 7. The first-order valence-corrected chi connectivity index (χ1v) is 21.2. The summed E-state index contributed by atoms with van der Waals surface area (Å²) in [5, 5.41) is 14.0. The van der Waals surface area contributed by atoms with Crippen LogP contribution < -0.4 is 26.6 Å². The van der Waals surface area contributed by atoms with Crippen LogP contribution in [0.4, 0.5) is 4.79 Å². The number of nitrogens with one attached hydrogen (secondary N) is 5. The Morgan fingerprint density at radius 3 is 2.18 bits per heavy atom. The largest absolute Gasteiger partial charge is 0.344 e. The lowest BCUT2D eigenvalue weighted by molar-refractivity contribution is -0.147. The van der Waals surface area contributed by atoms with Gasteiger partial charge in [0.2, 0.25) is 29.4 Å². The molecular weight excluding hydrogens is 721 g/mol. The molecule has 302 valence electrons. The van der Waals surface area contributed by atoms with Crippen molar-refractivity contribution in [3.63, 3.8) is 0 Å². The minimum absolute atomic E-state index is 0.0777. The van der Waals surface area contributed by atoms with E-state index in [9.17, 15) is 33.6 Å². The van der Waals surface area contributed by atoms with E-state index >= 15 is 0 Å². The van der Waals surface area contributed by atoms with Crippen LogP contribution in [0.5, 0.6) is 0 Å². The number of thioether (sulfide) groups is 1. The molecule has 1 aromatic carbocycles. The maximum atomic E-state index is 14.9. The molecule has 4 fully saturated rings. The van der Waals surface area contributed by atoms with Crippen LogP contribution >= 0.6 is 11.8 Å². The number of rotatable bonds is 14. The number of fused-ring (bicyclic) bond motifs is 1. The average molecular weight is 781 g/mol.